The highest BCUT2D eigenvalue weighted by Crippen LogP contribution is 2.14. The number of hydrogen-bond donors (Lipinski definition) is 1. The lowest BCUT2D eigenvalue weighted by atomic mass is 10.1. The number of nitrogens with one attached hydrogen (secondary N) is 1. The van der Waals surface area contributed by atoms with E-state index in [0.29, 0.717) is 19.6 Å². The third-order valence-electron chi connectivity index (χ3n) is 3.92. The van der Waals surface area contributed by atoms with Crippen molar-refractivity contribution in [1.82, 2.24) is 9.88 Å². The Morgan fingerprint density at radius 1 is 1.30 bits per heavy atom. The predicted octanol–water partition coefficient (Wildman–Crippen LogP) is 3.09. The molecule has 1 aromatic heterocycles. The number of amides is 2. The zero-order valence-corrected chi connectivity index (χ0v) is 15.9. The average molecular weight is 375 g/mol. The molecule has 1 aromatic carbocycles. The standard InChI is InChI=1S/C19H25N3O5/c1-4-14-7-5-8-15(11-14)20-19(24)22(9-6-10-25-2)12-17-21-16(13-27-17)18(23)26-3/h5,7-8,11,13H,4,6,9-10,12H2,1-3H3,(H,20,24). The minimum atomic E-state index is -0.586. The van der Waals surface area contributed by atoms with E-state index in [0.717, 1.165) is 17.7 Å². The number of esters is 1. The van der Waals surface area contributed by atoms with E-state index in [2.05, 4.69) is 22.0 Å². The summed E-state index contributed by atoms with van der Waals surface area (Å²) >= 11 is 0. The van der Waals surface area contributed by atoms with Gasteiger partial charge in [0.15, 0.2) is 5.69 Å². The Morgan fingerprint density at radius 2 is 2.11 bits per heavy atom. The van der Waals surface area contributed by atoms with Gasteiger partial charge in [0.2, 0.25) is 5.89 Å². The van der Waals surface area contributed by atoms with Crippen LogP contribution in [-0.2, 0) is 22.4 Å². The van der Waals surface area contributed by atoms with Crippen LogP contribution >= 0.6 is 0 Å². The lowest BCUT2D eigenvalue weighted by Crippen LogP contribution is -2.35. The molecule has 8 heteroatoms. The Labute approximate surface area is 158 Å². The molecule has 0 saturated carbocycles. The van der Waals surface area contributed by atoms with E-state index in [-0.39, 0.29) is 24.2 Å². The molecule has 0 bridgehead atoms. The number of aryl methyl sites for hydroxylation is 1. The van der Waals surface area contributed by atoms with Crippen LogP contribution in [0.4, 0.5) is 10.5 Å². The molecule has 0 radical (unpaired) electrons. The normalized spacial score (nSPS) is 10.5. The maximum absolute atomic E-state index is 12.7. The minimum absolute atomic E-state index is 0.0698. The molecule has 27 heavy (non-hydrogen) atoms. The molecule has 0 fully saturated rings. The van der Waals surface area contributed by atoms with E-state index in [1.165, 1.54) is 13.4 Å². The van der Waals surface area contributed by atoms with Gasteiger partial charge in [0.1, 0.15) is 6.26 Å². The maximum Gasteiger partial charge on any atom is 0.360 e. The third kappa shape index (κ3) is 6.10. The quantitative estimate of drug-likeness (QED) is 0.535. The van der Waals surface area contributed by atoms with Crippen LogP contribution < -0.4 is 5.32 Å². The molecule has 0 unspecified atom stereocenters. The molecule has 0 aliphatic heterocycles. The van der Waals surface area contributed by atoms with Crippen LogP contribution in [-0.4, -0.2) is 49.3 Å². The number of oxazole rings is 1. The fourth-order valence-corrected chi connectivity index (χ4v) is 2.47. The summed E-state index contributed by atoms with van der Waals surface area (Å²) in [6.45, 7) is 3.15. The van der Waals surface area contributed by atoms with E-state index in [1.54, 1.807) is 12.0 Å². The zero-order valence-electron chi connectivity index (χ0n) is 15.9. The van der Waals surface area contributed by atoms with Crippen molar-refractivity contribution >= 4 is 17.7 Å². The number of nitrogens with zero attached hydrogens (tertiary/aromatic N) is 2. The highest BCUT2D eigenvalue weighted by molar-refractivity contribution is 5.89. The molecule has 0 saturated heterocycles. The first-order chi connectivity index (χ1) is 13.1. The van der Waals surface area contributed by atoms with Crippen LogP contribution in [0, 0.1) is 0 Å². The van der Waals surface area contributed by atoms with Crippen LogP contribution in [0.2, 0.25) is 0 Å². The summed E-state index contributed by atoms with van der Waals surface area (Å²) < 4.78 is 15.0. The molecule has 1 N–H and O–H groups in total. The lowest BCUT2D eigenvalue weighted by Gasteiger charge is -2.21. The van der Waals surface area contributed by atoms with Gasteiger partial charge in [-0.2, -0.15) is 0 Å². The Kier molecular flexibility index (Phi) is 7.81. The summed E-state index contributed by atoms with van der Waals surface area (Å²) in [6.07, 6.45) is 2.76. The molecule has 0 spiro atoms. The van der Waals surface area contributed by atoms with Gasteiger partial charge in [-0.1, -0.05) is 19.1 Å². The lowest BCUT2D eigenvalue weighted by molar-refractivity contribution is 0.0594. The first-order valence-electron chi connectivity index (χ1n) is 8.73. The van der Waals surface area contributed by atoms with Crippen molar-refractivity contribution in [3.8, 4) is 0 Å². The zero-order chi connectivity index (χ0) is 19.6. The van der Waals surface area contributed by atoms with Gasteiger partial charge in [-0.25, -0.2) is 14.6 Å². The number of ether oxygens (including phenoxy) is 2. The Bertz CT molecular complexity index is 759. The monoisotopic (exact) mass is 375 g/mol. The molecule has 2 rings (SSSR count). The van der Waals surface area contributed by atoms with Gasteiger partial charge < -0.3 is 24.1 Å². The van der Waals surface area contributed by atoms with Gasteiger partial charge in [-0.3, -0.25) is 0 Å². The Morgan fingerprint density at radius 3 is 2.81 bits per heavy atom. The van der Waals surface area contributed by atoms with Crippen molar-refractivity contribution in [3.63, 3.8) is 0 Å². The second-order valence-corrected chi connectivity index (χ2v) is 5.87. The van der Waals surface area contributed by atoms with Gasteiger partial charge in [0.05, 0.1) is 13.7 Å². The summed E-state index contributed by atoms with van der Waals surface area (Å²) in [7, 11) is 2.88. The fourth-order valence-electron chi connectivity index (χ4n) is 2.47. The smallest absolute Gasteiger partial charge is 0.360 e. The number of urea groups is 1. The maximum atomic E-state index is 12.7. The number of carbonyl (C=O) groups is 2. The van der Waals surface area contributed by atoms with Crippen LogP contribution in [0.15, 0.2) is 34.9 Å². The van der Waals surface area contributed by atoms with Crippen molar-refractivity contribution in [1.29, 1.82) is 0 Å². The van der Waals surface area contributed by atoms with Gasteiger partial charge in [-0.15, -0.1) is 0 Å². The molecular weight excluding hydrogens is 350 g/mol. The van der Waals surface area contributed by atoms with Crippen LogP contribution in [0.25, 0.3) is 0 Å². The van der Waals surface area contributed by atoms with E-state index in [1.807, 2.05) is 24.3 Å². The molecular formula is C19H25N3O5. The summed E-state index contributed by atoms with van der Waals surface area (Å²) in [5, 5.41) is 2.89. The topological polar surface area (TPSA) is 93.9 Å². The van der Waals surface area contributed by atoms with E-state index < -0.39 is 5.97 Å². The van der Waals surface area contributed by atoms with Gasteiger partial charge in [-0.05, 0) is 30.5 Å². The number of anilines is 1. The predicted molar refractivity (Wildman–Crippen MR) is 99.6 cm³/mol. The van der Waals surface area contributed by atoms with E-state index >= 15 is 0 Å². The largest absolute Gasteiger partial charge is 0.464 e. The summed E-state index contributed by atoms with van der Waals surface area (Å²) in [5.74, 6) is -0.331. The van der Waals surface area contributed by atoms with Gasteiger partial charge >= 0.3 is 12.0 Å². The SMILES string of the molecule is CCc1cccc(NC(=O)N(CCCOC)Cc2nc(C(=O)OC)co2)c1. The first-order valence-corrected chi connectivity index (χ1v) is 8.73. The number of benzene rings is 1. The number of carbonyl (C=O) groups excluding carboxylic acids is 2. The molecule has 0 aliphatic rings. The van der Waals surface area contributed by atoms with Gasteiger partial charge in [0.25, 0.3) is 0 Å². The number of methoxy groups -OCH3 is 2. The van der Waals surface area contributed by atoms with E-state index in [9.17, 15) is 9.59 Å². The molecule has 2 amide bonds. The van der Waals surface area contributed by atoms with Crippen molar-refractivity contribution in [2.75, 3.05) is 32.7 Å². The molecule has 8 nitrogen and oxygen atoms in total. The van der Waals surface area contributed by atoms with Crippen molar-refractivity contribution < 1.29 is 23.5 Å². The second kappa shape index (κ2) is 10.3. The highest BCUT2D eigenvalue weighted by atomic mass is 16.5. The first kappa shape index (κ1) is 20.4. The number of aromatic nitrogens is 1. The molecule has 0 atom stereocenters. The molecule has 0 aliphatic carbocycles. The Balaban J connectivity index is 2.08. The Hall–Kier alpha value is -2.87. The van der Waals surface area contributed by atoms with Crippen molar-refractivity contribution in [3.05, 3.63) is 47.7 Å². The van der Waals surface area contributed by atoms with Crippen molar-refractivity contribution in [2.45, 2.75) is 26.3 Å². The second-order valence-electron chi connectivity index (χ2n) is 5.87. The van der Waals surface area contributed by atoms with E-state index in [4.69, 9.17) is 9.15 Å². The average Bonchev–Trinajstić information content (AvgIpc) is 3.15. The fraction of sp³-hybridized carbons (Fsp3) is 0.421. The molecule has 146 valence electrons. The molecule has 2 aromatic rings. The number of hydrogen-bond acceptors (Lipinski definition) is 6. The summed E-state index contributed by atoms with van der Waals surface area (Å²) in [6, 6.07) is 7.40. The third-order valence-corrected chi connectivity index (χ3v) is 3.92. The van der Waals surface area contributed by atoms with Gasteiger partial charge in [0, 0.05) is 25.9 Å². The summed E-state index contributed by atoms with van der Waals surface area (Å²) in [5.41, 5.74) is 1.92. The molecule has 1 heterocycles. The van der Waals surface area contributed by atoms with Crippen LogP contribution in [0.5, 0.6) is 0 Å². The highest BCUT2D eigenvalue weighted by Gasteiger charge is 2.19. The van der Waals surface area contributed by atoms with Crippen molar-refractivity contribution in [2.24, 2.45) is 0 Å². The van der Waals surface area contributed by atoms with Crippen LogP contribution in [0.3, 0.4) is 0 Å². The van der Waals surface area contributed by atoms with Crippen LogP contribution in [0.1, 0.15) is 35.3 Å². The minimum Gasteiger partial charge on any atom is -0.464 e. The summed E-state index contributed by atoms with van der Waals surface area (Å²) in [4.78, 5) is 29.9. The number of rotatable bonds is 9.